The van der Waals surface area contributed by atoms with Crippen LogP contribution in [-0.4, -0.2) is 33.6 Å². The van der Waals surface area contributed by atoms with E-state index in [1.807, 2.05) is 54.2 Å². The molecule has 0 bridgehead atoms. The van der Waals surface area contributed by atoms with E-state index in [1.165, 1.54) is 5.56 Å². The summed E-state index contributed by atoms with van der Waals surface area (Å²) in [5, 5.41) is 7.40. The summed E-state index contributed by atoms with van der Waals surface area (Å²) in [5.41, 5.74) is 2.25. The molecule has 0 aliphatic heterocycles. The molecule has 1 aromatic carbocycles. The predicted molar refractivity (Wildman–Crippen MR) is 129 cm³/mol. The van der Waals surface area contributed by atoms with Crippen LogP contribution in [0.25, 0.3) is 5.82 Å². The molecule has 0 saturated carbocycles. The van der Waals surface area contributed by atoms with Gasteiger partial charge in [-0.15, -0.1) is 24.0 Å². The third-order valence-corrected chi connectivity index (χ3v) is 4.48. The molecule has 3 aromatic rings. The van der Waals surface area contributed by atoms with E-state index in [2.05, 4.69) is 38.6 Å². The molecule has 0 aliphatic rings. The second-order valence-electron chi connectivity index (χ2n) is 6.37. The van der Waals surface area contributed by atoms with Gasteiger partial charge in [-0.2, -0.15) is 0 Å². The van der Waals surface area contributed by atoms with E-state index in [4.69, 9.17) is 11.6 Å². The molecule has 0 unspecified atom stereocenters. The van der Waals surface area contributed by atoms with E-state index in [0.29, 0.717) is 6.54 Å². The smallest absolute Gasteiger partial charge is 0.191 e. The van der Waals surface area contributed by atoms with Crippen LogP contribution in [0.2, 0.25) is 5.02 Å². The molecule has 0 atom stereocenters. The summed E-state index contributed by atoms with van der Waals surface area (Å²) in [7, 11) is 0. The molecule has 0 aliphatic carbocycles. The first kappa shape index (κ1) is 23.2. The van der Waals surface area contributed by atoms with Crippen molar-refractivity contribution in [2.45, 2.75) is 26.8 Å². The molecule has 0 amide bonds. The molecule has 3 rings (SSSR count). The largest absolute Gasteiger partial charge is 0.357 e. The zero-order chi connectivity index (χ0) is 19.8. The van der Waals surface area contributed by atoms with E-state index >= 15 is 0 Å². The average Bonchev–Trinajstić information content (AvgIpc) is 3.12. The number of halogens is 2. The lowest BCUT2D eigenvalue weighted by Crippen LogP contribution is -2.38. The summed E-state index contributed by atoms with van der Waals surface area (Å²) in [5.74, 6) is 2.56. The number of aromatic nitrogens is 3. The van der Waals surface area contributed by atoms with Crippen molar-refractivity contribution in [2.24, 2.45) is 4.99 Å². The third kappa shape index (κ3) is 7.01. The van der Waals surface area contributed by atoms with Gasteiger partial charge in [0.05, 0.1) is 6.54 Å². The highest BCUT2D eigenvalue weighted by Gasteiger charge is 2.03. The molecule has 2 aromatic heterocycles. The number of guanidine groups is 1. The Morgan fingerprint density at radius 2 is 2.00 bits per heavy atom. The number of imidazole rings is 1. The van der Waals surface area contributed by atoms with E-state index in [-0.39, 0.29) is 24.0 Å². The summed E-state index contributed by atoms with van der Waals surface area (Å²) in [6.45, 7) is 6.15. The fourth-order valence-corrected chi connectivity index (χ4v) is 3.02. The topological polar surface area (TPSA) is 67.1 Å². The maximum absolute atomic E-state index is 6.04. The summed E-state index contributed by atoms with van der Waals surface area (Å²) >= 11 is 6.04. The van der Waals surface area contributed by atoms with Gasteiger partial charge in [-0.1, -0.05) is 29.8 Å². The van der Waals surface area contributed by atoms with Crippen LogP contribution in [0.1, 0.15) is 23.9 Å². The minimum absolute atomic E-state index is 0. The highest BCUT2D eigenvalue weighted by molar-refractivity contribution is 14.0. The lowest BCUT2D eigenvalue weighted by molar-refractivity contribution is 0.799. The molecular formula is C21H26ClIN6. The van der Waals surface area contributed by atoms with Gasteiger partial charge in [-0.3, -0.25) is 4.57 Å². The van der Waals surface area contributed by atoms with Gasteiger partial charge in [0.15, 0.2) is 5.96 Å². The van der Waals surface area contributed by atoms with Crippen molar-refractivity contribution >= 4 is 41.5 Å². The summed E-state index contributed by atoms with van der Waals surface area (Å²) < 4.78 is 1.95. The van der Waals surface area contributed by atoms with Gasteiger partial charge < -0.3 is 10.6 Å². The van der Waals surface area contributed by atoms with Crippen LogP contribution >= 0.6 is 35.6 Å². The van der Waals surface area contributed by atoms with E-state index < -0.39 is 0 Å². The Labute approximate surface area is 193 Å². The van der Waals surface area contributed by atoms with Crippen LogP contribution < -0.4 is 10.6 Å². The Bertz CT molecular complexity index is 923. The van der Waals surface area contributed by atoms with Gasteiger partial charge in [0.1, 0.15) is 11.6 Å². The SMILES string of the molecule is CCNC(=NCc1ccc(-n2ccnc2C)nc1)NCCc1cccc(Cl)c1.I. The Morgan fingerprint density at radius 1 is 1.14 bits per heavy atom. The number of aryl methyl sites for hydroxylation is 1. The highest BCUT2D eigenvalue weighted by atomic mass is 127. The fourth-order valence-electron chi connectivity index (χ4n) is 2.80. The molecule has 0 spiro atoms. The Kier molecular flexibility index (Phi) is 9.40. The normalized spacial score (nSPS) is 11.1. The Balaban J connectivity index is 0.00000300. The lowest BCUT2D eigenvalue weighted by atomic mass is 10.1. The number of hydrogen-bond donors (Lipinski definition) is 2. The molecule has 6 nitrogen and oxygen atoms in total. The van der Waals surface area contributed by atoms with Crippen molar-refractivity contribution in [1.29, 1.82) is 0 Å². The van der Waals surface area contributed by atoms with Crippen LogP contribution in [0, 0.1) is 6.92 Å². The average molecular weight is 525 g/mol. The number of nitrogens with one attached hydrogen (secondary N) is 2. The van der Waals surface area contributed by atoms with Crippen molar-refractivity contribution in [3.8, 4) is 5.82 Å². The standard InChI is InChI=1S/C21H25ClN6.HI/c1-3-23-21(25-10-9-17-5-4-6-19(22)13-17)27-15-18-7-8-20(26-14-18)28-12-11-24-16(28)2;/h4-8,11-14H,3,9-10,15H2,1-2H3,(H2,23,25,27);1H. The monoisotopic (exact) mass is 524 g/mol. The van der Waals surface area contributed by atoms with Crippen molar-refractivity contribution in [3.63, 3.8) is 0 Å². The van der Waals surface area contributed by atoms with Gasteiger partial charge in [-0.05, 0) is 49.6 Å². The summed E-state index contributed by atoms with van der Waals surface area (Å²) in [6, 6.07) is 11.9. The lowest BCUT2D eigenvalue weighted by Gasteiger charge is -2.11. The van der Waals surface area contributed by atoms with E-state index in [9.17, 15) is 0 Å². The second kappa shape index (κ2) is 11.8. The number of aliphatic imine (C=N–C) groups is 1. The highest BCUT2D eigenvalue weighted by Crippen LogP contribution is 2.11. The number of benzene rings is 1. The summed E-state index contributed by atoms with van der Waals surface area (Å²) in [4.78, 5) is 13.4. The zero-order valence-corrected chi connectivity index (χ0v) is 19.7. The van der Waals surface area contributed by atoms with Gasteiger partial charge in [-0.25, -0.2) is 15.0 Å². The van der Waals surface area contributed by atoms with Crippen molar-refractivity contribution in [2.75, 3.05) is 13.1 Å². The molecule has 0 fully saturated rings. The molecule has 29 heavy (non-hydrogen) atoms. The predicted octanol–water partition coefficient (Wildman–Crippen LogP) is 4.14. The Hall–Kier alpha value is -2.13. The van der Waals surface area contributed by atoms with Gasteiger partial charge in [0, 0.05) is 36.7 Å². The zero-order valence-electron chi connectivity index (χ0n) is 16.6. The van der Waals surface area contributed by atoms with Crippen molar-refractivity contribution in [1.82, 2.24) is 25.2 Å². The molecule has 154 valence electrons. The number of nitrogens with zero attached hydrogens (tertiary/aromatic N) is 4. The molecule has 8 heteroatoms. The molecule has 2 heterocycles. The first-order valence-corrected chi connectivity index (χ1v) is 9.75. The van der Waals surface area contributed by atoms with Crippen LogP contribution in [0.4, 0.5) is 0 Å². The van der Waals surface area contributed by atoms with Gasteiger partial charge in [0.2, 0.25) is 0 Å². The minimum atomic E-state index is 0. The molecule has 0 radical (unpaired) electrons. The van der Waals surface area contributed by atoms with Gasteiger partial charge >= 0.3 is 0 Å². The second-order valence-corrected chi connectivity index (χ2v) is 6.81. The van der Waals surface area contributed by atoms with E-state index in [1.54, 1.807) is 6.20 Å². The number of pyridine rings is 1. The first-order valence-electron chi connectivity index (χ1n) is 9.37. The van der Waals surface area contributed by atoms with Crippen LogP contribution in [0.15, 0.2) is 60.0 Å². The number of hydrogen-bond acceptors (Lipinski definition) is 3. The Morgan fingerprint density at radius 3 is 2.66 bits per heavy atom. The van der Waals surface area contributed by atoms with Crippen molar-refractivity contribution < 1.29 is 0 Å². The maximum Gasteiger partial charge on any atom is 0.191 e. The molecule has 0 saturated heterocycles. The summed E-state index contributed by atoms with van der Waals surface area (Å²) in [6.07, 6.45) is 6.41. The number of rotatable bonds is 7. The minimum Gasteiger partial charge on any atom is -0.357 e. The first-order chi connectivity index (χ1) is 13.7. The van der Waals surface area contributed by atoms with Gasteiger partial charge in [0.25, 0.3) is 0 Å². The molecule has 2 N–H and O–H groups in total. The maximum atomic E-state index is 6.04. The third-order valence-electron chi connectivity index (χ3n) is 4.24. The van der Waals surface area contributed by atoms with Crippen LogP contribution in [-0.2, 0) is 13.0 Å². The van der Waals surface area contributed by atoms with Crippen LogP contribution in [0.5, 0.6) is 0 Å². The van der Waals surface area contributed by atoms with Crippen molar-refractivity contribution in [3.05, 3.63) is 77.0 Å². The van der Waals surface area contributed by atoms with Crippen LogP contribution in [0.3, 0.4) is 0 Å². The fraction of sp³-hybridized carbons (Fsp3) is 0.286. The molecular weight excluding hydrogens is 499 g/mol. The van der Waals surface area contributed by atoms with E-state index in [0.717, 1.165) is 47.7 Å². The quantitative estimate of drug-likeness (QED) is 0.277.